The minimum absolute atomic E-state index is 0.00207. The number of nitrogens with one attached hydrogen (secondary N) is 1. The third-order valence-corrected chi connectivity index (χ3v) is 9.78. The molecule has 5 atom stereocenters. The van der Waals surface area contributed by atoms with Crippen molar-refractivity contribution >= 4 is 24.7 Å². The summed E-state index contributed by atoms with van der Waals surface area (Å²) in [5.41, 5.74) is -0.465. The number of anilines is 1. The SMILES string of the molecule is CCCCCCCCCCCCCCCCCCOCCN(c1nc2c(ncn2CCOCP(=O)(O)O)c(=O)[nH]1)C1O[C@H](CO)[C@H](O)[C@H](O)[C@H]1O. The predicted molar refractivity (Wildman–Crippen MR) is 192 cm³/mol. The second-order valence-electron chi connectivity index (χ2n) is 13.5. The summed E-state index contributed by atoms with van der Waals surface area (Å²) in [6.45, 7) is 2.34. The molecule has 51 heavy (non-hydrogen) atoms. The Balaban J connectivity index is 1.48. The van der Waals surface area contributed by atoms with Gasteiger partial charge in [-0.2, -0.15) is 4.98 Å². The first-order valence-corrected chi connectivity index (χ1v) is 20.6. The summed E-state index contributed by atoms with van der Waals surface area (Å²) in [6, 6.07) is 0. The number of aromatic amines is 1. The van der Waals surface area contributed by atoms with Gasteiger partial charge in [0.15, 0.2) is 17.4 Å². The third-order valence-electron chi connectivity index (χ3n) is 9.26. The number of aromatic nitrogens is 4. The number of hydrogen-bond acceptors (Lipinski definition) is 12. The Morgan fingerprint density at radius 1 is 0.843 bits per heavy atom. The molecule has 1 aliphatic rings. The number of imidazole rings is 1. The van der Waals surface area contributed by atoms with E-state index >= 15 is 0 Å². The normalized spacial score (nSPS) is 21.1. The standard InChI is InChI=1S/C34H62N5O11P/c1-2-3-4-5-6-7-8-9-10-11-12-13-14-15-16-17-20-48-22-19-39(33-30(43)29(42)28(41)26(23-40)50-33)34-36-31-27(32(44)37-34)35-24-38(31)18-21-49-25-51(45,46)47/h24,26,28-30,33,40-43H,2-23,25H2,1H3,(H,36,37,44)(H2,45,46,47)/t26-,28+,29+,30-,33?/m1/s1. The van der Waals surface area contributed by atoms with Crippen LogP contribution < -0.4 is 10.5 Å². The first-order valence-electron chi connectivity index (χ1n) is 18.8. The monoisotopic (exact) mass is 747 g/mol. The summed E-state index contributed by atoms with van der Waals surface area (Å²) in [5.74, 6) is -0.0410. The van der Waals surface area contributed by atoms with Gasteiger partial charge in [0.05, 0.1) is 26.1 Å². The van der Waals surface area contributed by atoms with Gasteiger partial charge in [-0.3, -0.25) is 14.3 Å². The van der Waals surface area contributed by atoms with Gasteiger partial charge in [0, 0.05) is 19.7 Å². The van der Waals surface area contributed by atoms with E-state index in [2.05, 4.69) is 21.9 Å². The molecule has 2 aromatic heterocycles. The van der Waals surface area contributed by atoms with Crippen molar-refractivity contribution in [1.82, 2.24) is 19.5 Å². The van der Waals surface area contributed by atoms with Gasteiger partial charge >= 0.3 is 7.60 Å². The molecular formula is C34H62N5O11P. The summed E-state index contributed by atoms with van der Waals surface area (Å²) in [6.07, 6.45) is 13.6. The molecule has 1 fully saturated rings. The molecule has 2 aromatic rings. The van der Waals surface area contributed by atoms with Crippen LogP contribution in [0.5, 0.6) is 0 Å². The number of aliphatic hydroxyl groups excluding tert-OH is 4. The van der Waals surface area contributed by atoms with E-state index in [0.717, 1.165) is 19.3 Å². The maximum atomic E-state index is 13.0. The molecule has 3 rings (SSSR count). The number of nitrogens with zero attached hydrogens (tertiary/aromatic N) is 4. The molecule has 0 radical (unpaired) electrons. The van der Waals surface area contributed by atoms with Gasteiger partial charge in [0.2, 0.25) is 5.95 Å². The highest BCUT2D eigenvalue weighted by Gasteiger charge is 2.46. The van der Waals surface area contributed by atoms with Crippen LogP contribution in [0.4, 0.5) is 5.95 Å². The number of fused-ring (bicyclic) bond motifs is 1. The molecule has 0 aromatic carbocycles. The fourth-order valence-corrected chi connectivity index (χ4v) is 6.67. The molecule has 3 heterocycles. The van der Waals surface area contributed by atoms with Crippen LogP contribution >= 0.6 is 7.60 Å². The molecule has 16 nitrogen and oxygen atoms in total. The Labute approximate surface area is 300 Å². The molecule has 1 aliphatic heterocycles. The van der Waals surface area contributed by atoms with Crippen LogP contribution in [0.25, 0.3) is 11.2 Å². The third kappa shape index (κ3) is 15.1. The average molecular weight is 748 g/mol. The van der Waals surface area contributed by atoms with Gasteiger partial charge in [-0.05, 0) is 6.42 Å². The van der Waals surface area contributed by atoms with Gasteiger partial charge in [-0.1, -0.05) is 103 Å². The van der Waals surface area contributed by atoms with Gasteiger partial charge in [0.25, 0.3) is 5.56 Å². The summed E-state index contributed by atoms with van der Waals surface area (Å²) >= 11 is 0. The lowest BCUT2D eigenvalue weighted by atomic mass is 9.98. The lowest BCUT2D eigenvalue weighted by molar-refractivity contribution is -0.229. The van der Waals surface area contributed by atoms with Gasteiger partial charge in [0.1, 0.15) is 30.8 Å². The fourth-order valence-electron chi connectivity index (χ4n) is 6.30. The number of ether oxygens (including phenoxy) is 3. The highest BCUT2D eigenvalue weighted by molar-refractivity contribution is 7.51. The molecule has 0 bridgehead atoms. The van der Waals surface area contributed by atoms with Gasteiger partial charge in [-0.25, -0.2) is 4.98 Å². The Hall–Kier alpha value is -1.98. The molecule has 0 amide bonds. The zero-order valence-electron chi connectivity index (χ0n) is 30.2. The molecule has 1 unspecified atom stereocenters. The number of aliphatic hydroxyl groups is 4. The fraction of sp³-hybridized carbons (Fsp3) is 0.853. The highest BCUT2D eigenvalue weighted by Crippen LogP contribution is 2.33. The van der Waals surface area contributed by atoms with Crippen LogP contribution in [-0.2, 0) is 25.3 Å². The van der Waals surface area contributed by atoms with Crippen LogP contribution in [0.2, 0.25) is 0 Å². The number of H-pyrrole nitrogens is 1. The molecule has 0 saturated carbocycles. The van der Waals surface area contributed by atoms with E-state index in [1.807, 2.05) is 0 Å². The van der Waals surface area contributed by atoms with E-state index in [9.17, 15) is 29.8 Å². The van der Waals surface area contributed by atoms with Crippen molar-refractivity contribution in [3.8, 4) is 0 Å². The van der Waals surface area contributed by atoms with Crippen LogP contribution in [0, 0.1) is 0 Å². The Bertz CT molecular complexity index is 1340. The lowest BCUT2D eigenvalue weighted by Gasteiger charge is -2.44. The summed E-state index contributed by atoms with van der Waals surface area (Å²) < 4.78 is 29.3. The number of rotatable bonds is 28. The first-order chi connectivity index (χ1) is 24.6. The number of hydrogen-bond donors (Lipinski definition) is 7. The van der Waals surface area contributed by atoms with Crippen molar-refractivity contribution in [2.24, 2.45) is 0 Å². The molecule has 17 heteroatoms. The van der Waals surface area contributed by atoms with Gasteiger partial charge < -0.3 is 53.9 Å². The average Bonchev–Trinajstić information content (AvgIpc) is 3.51. The summed E-state index contributed by atoms with van der Waals surface area (Å²) in [4.78, 5) is 43.8. The van der Waals surface area contributed by atoms with Gasteiger partial charge in [-0.15, -0.1) is 0 Å². The topological polar surface area (TPSA) is 233 Å². The zero-order chi connectivity index (χ0) is 37.1. The molecular weight excluding hydrogens is 685 g/mol. The lowest BCUT2D eigenvalue weighted by Crippen LogP contribution is -2.64. The van der Waals surface area contributed by atoms with Crippen LogP contribution in [-0.4, -0.2) is 120 Å². The van der Waals surface area contributed by atoms with Crippen LogP contribution in [0.1, 0.15) is 110 Å². The largest absolute Gasteiger partial charge is 0.394 e. The molecule has 0 spiro atoms. The zero-order valence-corrected chi connectivity index (χ0v) is 31.1. The summed E-state index contributed by atoms with van der Waals surface area (Å²) in [5, 5.41) is 41.5. The second-order valence-corrected chi connectivity index (χ2v) is 15.1. The maximum absolute atomic E-state index is 13.0. The molecule has 0 aliphatic carbocycles. The van der Waals surface area contributed by atoms with E-state index in [4.69, 9.17) is 24.0 Å². The van der Waals surface area contributed by atoms with E-state index in [1.165, 1.54) is 99.3 Å². The Morgan fingerprint density at radius 2 is 1.43 bits per heavy atom. The van der Waals surface area contributed by atoms with Crippen molar-refractivity contribution in [2.75, 3.05) is 44.2 Å². The smallest absolute Gasteiger partial charge is 0.350 e. The van der Waals surface area contributed by atoms with Crippen LogP contribution in [0.15, 0.2) is 11.1 Å². The Kier molecular flexibility index (Phi) is 20.1. The van der Waals surface area contributed by atoms with E-state index < -0.39 is 56.8 Å². The van der Waals surface area contributed by atoms with E-state index in [1.54, 1.807) is 0 Å². The quantitative estimate of drug-likeness (QED) is 0.0490. The Morgan fingerprint density at radius 3 is 2.00 bits per heavy atom. The molecule has 1 saturated heterocycles. The van der Waals surface area contributed by atoms with Crippen molar-refractivity contribution in [3.05, 3.63) is 16.7 Å². The van der Waals surface area contributed by atoms with E-state index in [-0.39, 0.29) is 43.4 Å². The second kappa shape index (κ2) is 23.6. The first kappa shape index (κ1) is 43.4. The summed E-state index contributed by atoms with van der Waals surface area (Å²) in [7, 11) is -4.35. The van der Waals surface area contributed by atoms with E-state index in [0.29, 0.717) is 6.61 Å². The van der Waals surface area contributed by atoms with Crippen molar-refractivity contribution in [3.63, 3.8) is 0 Å². The minimum Gasteiger partial charge on any atom is -0.394 e. The maximum Gasteiger partial charge on any atom is 0.350 e. The van der Waals surface area contributed by atoms with Crippen molar-refractivity contribution < 1.29 is 49.0 Å². The highest BCUT2D eigenvalue weighted by atomic mass is 31.2. The van der Waals surface area contributed by atoms with Crippen molar-refractivity contribution in [1.29, 1.82) is 0 Å². The molecule has 7 N–H and O–H groups in total. The number of unbranched alkanes of at least 4 members (excludes halogenated alkanes) is 15. The minimum atomic E-state index is -4.35. The van der Waals surface area contributed by atoms with Crippen LogP contribution in [0.3, 0.4) is 0 Å². The van der Waals surface area contributed by atoms with Crippen molar-refractivity contribution in [2.45, 2.75) is 147 Å². The molecule has 294 valence electrons. The predicted octanol–water partition coefficient (Wildman–Crippen LogP) is 3.16.